The van der Waals surface area contributed by atoms with E-state index in [1.165, 1.54) is 0 Å². The van der Waals surface area contributed by atoms with Gasteiger partial charge in [-0.1, -0.05) is 0 Å². The summed E-state index contributed by atoms with van der Waals surface area (Å²) >= 11 is 2.90. The van der Waals surface area contributed by atoms with Crippen molar-refractivity contribution in [3.63, 3.8) is 0 Å². The molecule has 12 heavy (non-hydrogen) atoms. The molecule has 0 aliphatic rings. The number of nitrogens with zero attached hydrogens (tertiary/aromatic N) is 1. The predicted molar refractivity (Wildman–Crippen MR) is 42.2 cm³/mol. The zero-order valence-electron chi connectivity index (χ0n) is 6.23. The van der Waals surface area contributed by atoms with Crippen LogP contribution in [0.4, 0.5) is 4.39 Å². The summed E-state index contributed by atoms with van der Waals surface area (Å²) in [6.07, 6.45) is -0.815. The van der Waals surface area contributed by atoms with Gasteiger partial charge in [-0.05, 0) is 22.9 Å². The van der Waals surface area contributed by atoms with Crippen molar-refractivity contribution < 1.29 is 13.9 Å². The normalized spacial score (nSPS) is 9.92. The van der Waals surface area contributed by atoms with Crippen molar-refractivity contribution in [2.45, 2.75) is 6.92 Å². The van der Waals surface area contributed by atoms with E-state index in [1.807, 2.05) is 0 Å². The third-order valence-corrected chi connectivity index (χ3v) is 1.68. The molecule has 0 amide bonds. The van der Waals surface area contributed by atoms with E-state index < -0.39 is 12.0 Å². The molecule has 0 bridgehead atoms. The number of nitrogens with one attached hydrogen (secondary N) is 1. The number of imidazole rings is 1. The summed E-state index contributed by atoms with van der Waals surface area (Å²) in [6, 6.07) is 0. The Morgan fingerprint density at radius 2 is 2.50 bits per heavy atom. The molecule has 1 N–H and O–H groups in total. The minimum atomic E-state index is -0.815. The van der Waals surface area contributed by atoms with Gasteiger partial charge >= 0.3 is 5.97 Å². The lowest BCUT2D eigenvalue weighted by atomic mass is 10.5. The van der Waals surface area contributed by atoms with E-state index in [0.717, 1.165) is 0 Å². The van der Waals surface area contributed by atoms with E-state index in [2.05, 4.69) is 30.6 Å². The lowest BCUT2D eigenvalue weighted by molar-refractivity contribution is 0.0518. The summed E-state index contributed by atoms with van der Waals surface area (Å²) in [5.74, 6) is -0.624. The number of hydrogen-bond acceptors (Lipinski definition) is 3. The Hall–Kier alpha value is -0.910. The highest BCUT2D eigenvalue weighted by Gasteiger charge is 2.15. The van der Waals surface area contributed by atoms with Crippen LogP contribution in [-0.2, 0) is 4.74 Å². The van der Waals surface area contributed by atoms with Crippen molar-refractivity contribution in [1.29, 1.82) is 0 Å². The van der Waals surface area contributed by atoms with Crippen LogP contribution in [0.5, 0.6) is 0 Å². The Kier molecular flexibility index (Phi) is 2.80. The third-order valence-electron chi connectivity index (χ3n) is 1.11. The maximum Gasteiger partial charge on any atom is 0.357 e. The monoisotopic (exact) mass is 236 g/mol. The van der Waals surface area contributed by atoms with Crippen LogP contribution in [0, 0.1) is 6.08 Å². The number of hydrogen-bond donors (Lipinski definition) is 1. The van der Waals surface area contributed by atoms with Gasteiger partial charge in [0.15, 0.2) is 5.69 Å². The van der Waals surface area contributed by atoms with Crippen LogP contribution >= 0.6 is 15.9 Å². The first-order valence-corrected chi connectivity index (χ1v) is 4.02. The van der Waals surface area contributed by atoms with Gasteiger partial charge in [-0.2, -0.15) is 9.37 Å². The molecule has 0 aliphatic carbocycles. The number of rotatable bonds is 2. The topological polar surface area (TPSA) is 55.0 Å². The summed E-state index contributed by atoms with van der Waals surface area (Å²) in [7, 11) is 0. The lowest BCUT2D eigenvalue weighted by Crippen LogP contribution is -2.05. The quantitative estimate of drug-likeness (QED) is 0.792. The van der Waals surface area contributed by atoms with E-state index in [1.54, 1.807) is 6.92 Å². The van der Waals surface area contributed by atoms with Crippen LogP contribution < -0.4 is 0 Å². The van der Waals surface area contributed by atoms with Gasteiger partial charge in [0.1, 0.15) is 4.60 Å². The standard InChI is InChI=1S/C6H6BrFN2O2/c1-2-12-5(11)3-4(7)10-6(8)9-3/h2H2,1H3,(H,9,10). The van der Waals surface area contributed by atoms with Crippen LogP contribution in [0.15, 0.2) is 4.60 Å². The molecule has 0 saturated heterocycles. The van der Waals surface area contributed by atoms with Crippen LogP contribution in [0.3, 0.4) is 0 Å². The molecule has 0 aromatic carbocycles. The van der Waals surface area contributed by atoms with Crippen LogP contribution in [0.25, 0.3) is 0 Å². The van der Waals surface area contributed by atoms with E-state index >= 15 is 0 Å². The molecule has 0 unspecified atom stereocenters. The number of ether oxygens (including phenoxy) is 1. The van der Waals surface area contributed by atoms with E-state index in [0.29, 0.717) is 0 Å². The first-order chi connectivity index (χ1) is 5.65. The van der Waals surface area contributed by atoms with Crippen molar-refractivity contribution >= 4 is 21.9 Å². The van der Waals surface area contributed by atoms with Gasteiger partial charge in [-0.15, -0.1) is 0 Å². The Morgan fingerprint density at radius 1 is 1.83 bits per heavy atom. The molecule has 66 valence electrons. The van der Waals surface area contributed by atoms with Gasteiger partial charge in [-0.25, -0.2) is 4.79 Å². The predicted octanol–water partition coefficient (Wildman–Crippen LogP) is 1.49. The molecule has 0 saturated carbocycles. The molecule has 1 aromatic heterocycles. The molecule has 4 nitrogen and oxygen atoms in total. The first kappa shape index (κ1) is 9.18. The van der Waals surface area contributed by atoms with Gasteiger partial charge in [0.05, 0.1) is 6.61 Å². The minimum absolute atomic E-state index is 0.00523. The van der Waals surface area contributed by atoms with Crippen molar-refractivity contribution in [2.24, 2.45) is 0 Å². The molecule has 0 radical (unpaired) electrons. The fourth-order valence-electron chi connectivity index (χ4n) is 0.663. The number of H-pyrrole nitrogens is 1. The van der Waals surface area contributed by atoms with Crippen LogP contribution in [0.2, 0.25) is 0 Å². The van der Waals surface area contributed by atoms with Crippen molar-refractivity contribution in [2.75, 3.05) is 6.61 Å². The molecule has 6 heteroatoms. The molecule has 0 aliphatic heterocycles. The number of aromatic amines is 1. The van der Waals surface area contributed by atoms with E-state index in [-0.39, 0.29) is 16.9 Å². The Bertz CT molecular complexity index is 300. The molecule has 0 atom stereocenters. The second-order valence-corrected chi connectivity index (χ2v) is 2.67. The second kappa shape index (κ2) is 3.66. The minimum Gasteiger partial charge on any atom is -0.461 e. The average Bonchev–Trinajstić information content (AvgIpc) is 2.30. The molecule has 0 spiro atoms. The summed E-state index contributed by atoms with van der Waals surface area (Å²) in [5.41, 5.74) is -0.00523. The van der Waals surface area contributed by atoms with Gasteiger partial charge in [-0.3, -0.25) is 0 Å². The highest BCUT2D eigenvalue weighted by molar-refractivity contribution is 9.10. The largest absolute Gasteiger partial charge is 0.461 e. The Morgan fingerprint density at radius 3 is 2.92 bits per heavy atom. The van der Waals surface area contributed by atoms with Crippen LogP contribution in [-0.4, -0.2) is 22.5 Å². The molecular formula is C6H6BrFN2O2. The average molecular weight is 237 g/mol. The molecule has 0 fully saturated rings. The number of aromatic nitrogens is 2. The lowest BCUT2D eigenvalue weighted by Gasteiger charge is -1.97. The Labute approximate surface area is 76.3 Å². The van der Waals surface area contributed by atoms with Gasteiger partial charge in [0, 0.05) is 0 Å². The van der Waals surface area contributed by atoms with Gasteiger partial charge < -0.3 is 9.72 Å². The summed E-state index contributed by atoms with van der Waals surface area (Å²) in [4.78, 5) is 16.4. The molecule has 1 heterocycles. The fourth-order valence-corrected chi connectivity index (χ4v) is 1.08. The summed E-state index contributed by atoms with van der Waals surface area (Å²) in [6.45, 7) is 1.91. The summed E-state index contributed by atoms with van der Waals surface area (Å²) in [5, 5.41) is 0. The van der Waals surface area contributed by atoms with Crippen molar-refractivity contribution in [3.8, 4) is 0 Å². The van der Waals surface area contributed by atoms with Gasteiger partial charge in [0.2, 0.25) is 0 Å². The molecule has 1 aromatic rings. The highest BCUT2D eigenvalue weighted by Crippen LogP contribution is 2.13. The number of esters is 1. The number of carbonyl (C=O) groups excluding carboxylic acids is 1. The summed E-state index contributed by atoms with van der Waals surface area (Å²) < 4.78 is 17.1. The molecular weight excluding hydrogens is 231 g/mol. The fraction of sp³-hybridized carbons (Fsp3) is 0.333. The maximum atomic E-state index is 12.4. The molecule has 1 rings (SSSR count). The first-order valence-electron chi connectivity index (χ1n) is 3.23. The van der Waals surface area contributed by atoms with Gasteiger partial charge in [0.25, 0.3) is 6.08 Å². The third kappa shape index (κ3) is 1.82. The SMILES string of the molecule is CCOC(=O)c1[nH]c(F)nc1Br. The number of carbonyl (C=O) groups is 1. The zero-order chi connectivity index (χ0) is 9.14. The zero-order valence-corrected chi connectivity index (χ0v) is 7.81. The van der Waals surface area contributed by atoms with Crippen molar-refractivity contribution in [3.05, 3.63) is 16.4 Å². The van der Waals surface area contributed by atoms with E-state index in [9.17, 15) is 9.18 Å². The number of halogens is 2. The Balaban J connectivity index is 2.87. The smallest absolute Gasteiger partial charge is 0.357 e. The second-order valence-electron chi connectivity index (χ2n) is 1.91. The maximum absolute atomic E-state index is 12.4. The van der Waals surface area contributed by atoms with Crippen molar-refractivity contribution in [1.82, 2.24) is 9.97 Å². The highest BCUT2D eigenvalue weighted by atomic mass is 79.9. The van der Waals surface area contributed by atoms with Crippen LogP contribution in [0.1, 0.15) is 17.4 Å². The van der Waals surface area contributed by atoms with E-state index in [4.69, 9.17) is 0 Å².